The van der Waals surface area contributed by atoms with Gasteiger partial charge in [-0.15, -0.1) is 0 Å². The molecule has 0 radical (unpaired) electrons. The van der Waals surface area contributed by atoms with Crippen LogP contribution in [0.15, 0.2) is 63.5 Å². The first-order valence-corrected chi connectivity index (χ1v) is 13.0. The average Bonchev–Trinajstić information content (AvgIpc) is 3.12. The Morgan fingerprint density at radius 1 is 1.19 bits per heavy atom. The summed E-state index contributed by atoms with van der Waals surface area (Å²) >= 11 is 3.30. The molecule has 1 atom stereocenters. The standard InChI is InChI=1S/C26H23IN2O6S/c1-4-34-25(33)22-15(3)28-26-29(23(22)17-8-5-14(2)6-9-17)24(32)20(36-26)12-16-7-10-19(18(27)11-16)35-13-21(30)31/h5-12,23H,4,13H2,1-3H3,(H,30,31)/b20-12+/t23-/m1/s1. The summed E-state index contributed by atoms with van der Waals surface area (Å²) in [4.78, 5) is 42.4. The number of aryl methyl sites for hydroxylation is 1. The van der Waals surface area contributed by atoms with E-state index in [2.05, 4.69) is 27.6 Å². The largest absolute Gasteiger partial charge is 0.481 e. The van der Waals surface area contributed by atoms with Crippen molar-refractivity contribution in [2.75, 3.05) is 13.2 Å². The molecule has 8 nitrogen and oxygen atoms in total. The van der Waals surface area contributed by atoms with Gasteiger partial charge in [-0.2, -0.15) is 0 Å². The third kappa shape index (κ3) is 5.29. The molecule has 36 heavy (non-hydrogen) atoms. The zero-order valence-electron chi connectivity index (χ0n) is 19.8. The number of fused-ring (bicyclic) bond motifs is 1. The summed E-state index contributed by atoms with van der Waals surface area (Å²) in [6.07, 6.45) is 1.75. The number of carboxylic acid groups (broad SMARTS) is 1. The fraction of sp³-hybridized carbons (Fsp3) is 0.231. The van der Waals surface area contributed by atoms with Gasteiger partial charge in [0.2, 0.25) is 0 Å². The summed E-state index contributed by atoms with van der Waals surface area (Å²) < 4.78 is 13.3. The highest BCUT2D eigenvalue weighted by Crippen LogP contribution is 2.31. The molecule has 0 aliphatic carbocycles. The lowest BCUT2D eigenvalue weighted by molar-refractivity contribution is -0.140. The first kappa shape index (κ1) is 25.8. The molecule has 0 fully saturated rings. The molecule has 0 spiro atoms. The second-order valence-corrected chi connectivity index (χ2v) is 10.3. The minimum Gasteiger partial charge on any atom is -0.481 e. The number of nitrogens with zero attached hydrogens (tertiary/aromatic N) is 2. The van der Waals surface area contributed by atoms with Crippen LogP contribution in [0.5, 0.6) is 5.75 Å². The monoisotopic (exact) mass is 618 g/mol. The number of carbonyl (C=O) groups excluding carboxylic acids is 1. The summed E-state index contributed by atoms with van der Waals surface area (Å²) in [6.45, 7) is 5.24. The van der Waals surface area contributed by atoms with Crippen molar-refractivity contribution >= 4 is 51.9 Å². The van der Waals surface area contributed by atoms with E-state index in [1.807, 2.05) is 37.3 Å². The molecule has 1 N–H and O–H groups in total. The molecule has 4 rings (SSSR count). The number of ether oxygens (including phenoxy) is 2. The van der Waals surface area contributed by atoms with E-state index in [4.69, 9.17) is 14.6 Å². The molecule has 1 aliphatic rings. The SMILES string of the molecule is CCOC(=O)C1=C(C)N=c2s/c(=C/c3ccc(OCC(=O)O)c(I)c3)c(=O)n2[C@@H]1c1ccc(C)cc1. The molecule has 0 amide bonds. The van der Waals surface area contributed by atoms with Gasteiger partial charge in [0.15, 0.2) is 11.4 Å². The Morgan fingerprint density at radius 3 is 2.56 bits per heavy atom. The van der Waals surface area contributed by atoms with E-state index in [1.165, 1.54) is 11.3 Å². The number of thiazole rings is 1. The maximum Gasteiger partial charge on any atom is 0.341 e. The number of aromatic nitrogens is 1. The van der Waals surface area contributed by atoms with Crippen molar-refractivity contribution < 1.29 is 24.2 Å². The number of rotatable bonds is 7. The molecule has 0 unspecified atom stereocenters. The predicted octanol–water partition coefficient (Wildman–Crippen LogP) is 3.17. The third-order valence-corrected chi connectivity index (χ3v) is 7.34. The molecule has 0 saturated heterocycles. The van der Waals surface area contributed by atoms with E-state index in [0.717, 1.165) is 16.7 Å². The van der Waals surface area contributed by atoms with Gasteiger partial charge in [0.25, 0.3) is 5.56 Å². The van der Waals surface area contributed by atoms with Gasteiger partial charge in [0.05, 0.1) is 32.0 Å². The highest BCUT2D eigenvalue weighted by molar-refractivity contribution is 14.1. The molecule has 1 aliphatic heterocycles. The smallest absolute Gasteiger partial charge is 0.341 e. The van der Waals surface area contributed by atoms with Gasteiger partial charge in [0, 0.05) is 0 Å². The normalized spacial score (nSPS) is 15.3. The Hall–Kier alpha value is -3.25. The van der Waals surface area contributed by atoms with E-state index >= 15 is 0 Å². The lowest BCUT2D eigenvalue weighted by Gasteiger charge is -2.24. The number of hydrogen-bond acceptors (Lipinski definition) is 7. The lowest BCUT2D eigenvalue weighted by atomic mass is 9.95. The van der Waals surface area contributed by atoms with Crippen molar-refractivity contribution in [2.45, 2.75) is 26.8 Å². The first-order chi connectivity index (χ1) is 17.2. The van der Waals surface area contributed by atoms with Crippen LogP contribution in [0.25, 0.3) is 6.08 Å². The van der Waals surface area contributed by atoms with Gasteiger partial charge < -0.3 is 14.6 Å². The van der Waals surface area contributed by atoms with E-state index in [9.17, 15) is 14.4 Å². The van der Waals surface area contributed by atoms with Crippen LogP contribution in [0, 0.1) is 10.5 Å². The number of benzene rings is 2. The van der Waals surface area contributed by atoms with Crippen molar-refractivity contribution in [3.63, 3.8) is 0 Å². The van der Waals surface area contributed by atoms with E-state index in [-0.39, 0.29) is 12.2 Å². The Kier molecular flexibility index (Phi) is 7.74. The van der Waals surface area contributed by atoms with Crippen LogP contribution in [-0.4, -0.2) is 34.8 Å². The van der Waals surface area contributed by atoms with Gasteiger partial charge in [-0.3, -0.25) is 9.36 Å². The quantitative estimate of drug-likeness (QED) is 0.322. The second kappa shape index (κ2) is 10.8. The summed E-state index contributed by atoms with van der Waals surface area (Å²) in [6, 6.07) is 12.3. The van der Waals surface area contributed by atoms with E-state index in [0.29, 0.717) is 29.9 Å². The van der Waals surface area contributed by atoms with E-state index in [1.54, 1.807) is 36.6 Å². The highest BCUT2D eigenvalue weighted by atomic mass is 127. The van der Waals surface area contributed by atoms with Crippen LogP contribution in [0.4, 0.5) is 0 Å². The van der Waals surface area contributed by atoms with Crippen LogP contribution >= 0.6 is 33.9 Å². The summed E-state index contributed by atoms with van der Waals surface area (Å²) in [5.74, 6) is -1.10. The van der Waals surface area contributed by atoms with Gasteiger partial charge in [-0.25, -0.2) is 14.6 Å². The average molecular weight is 618 g/mol. The highest BCUT2D eigenvalue weighted by Gasteiger charge is 2.33. The van der Waals surface area contributed by atoms with Crippen molar-refractivity contribution in [2.24, 2.45) is 4.99 Å². The molecular weight excluding hydrogens is 595 g/mol. The van der Waals surface area contributed by atoms with Crippen LogP contribution in [-0.2, 0) is 14.3 Å². The van der Waals surface area contributed by atoms with Crippen LogP contribution in [0.3, 0.4) is 0 Å². The molecular formula is C26H23IN2O6S. The Balaban J connectivity index is 1.83. The van der Waals surface area contributed by atoms with Gasteiger partial charge in [-0.1, -0.05) is 47.2 Å². The first-order valence-electron chi connectivity index (χ1n) is 11.1. The Morgan fingerprint density at radius 2 is 1.92 bits per heavy atom. The Bertz CT molecular complexity index is 1550. The number of carboxylic acids is 1. The number of allylic oxidation sites excluding steroid dienone is 1. The Labute approximate surface area is 224 Å². The summed E-state index contributed by atoms with van der Waals surface area (Å²) in [5.41, 5.74) is 3.20. The number of halogens is 1. The molecule has 0 bridgehead atoms. The van der Waals surface area contributed by atoms with Crippen LogP contribution in [0.1, 0.15) is 36.6 Å². The summed E-state index contributed by atoms with van der Waals surface area (Å²) in [7, 11) is 0. The molecule has 186 valence electrons. The number of aliphatic carboxylic acids is 1. The lowest BCUT2D eigenvalue weighted by Crippen LogP contribution is -2.39. The van der Waals surface area contributed by atoms with Crippen LogP contribution in [0.2, 0.25) is 0 Å². The minimum absolute atomic E-state index is 0.214. The van der Waals surface area contributed by atoms with Gasteiger partial charge >= 0.3 is 11.9 Å². The molecule has 2 aromatic carbocycles. The zero-order valence-corrected chi connectivity index (χ0v) is 22.8. The molecule has 3 aromatic rings. The van der Waals surface area contributed by atoms with Crippen molar-refractivity contribution in [3.05, 3.63) is 93.7 Å². The predicted molar refractivity (Wildman–Crippen MR) is 144 cm³/mol. The fourth-order valence-electron chi connectivity index (χ4n) is 3.87. The van der Waals surface area contributed by atoms with E-state index < -0.39 is 24.6 Å². The molecule has 0 saturated carbocycles. The van der Waals surface area contributed by atoms with Gasteiger partial charge in [-0.05, 0) is 72.7 Å². The van der Waals surface area contributed by atoms with Crippen molar-refractivity contribution in [1.29, 1.82) is 0 Å². The summed E-state index contributed by atoms with van der Waals surface area (Å²) in [5, 5.41) is 8.83. The maximum atomic E-state index is 13.6. The zero-order chi connectivity index (χ0) is 26.0. The van der Waals surface area contributed by atoms with Crippen molar-refractivity contribution in [3.8, 4) is 5.75 Å². The number of hydrogen-bond donors (Lipinski definition) is 1. The number of esters is 1. The van der Waals surface area contributed by atoms with Gasteiger partial charge in [0.1, 0.15) is 5.75 Å². The second-order valence-electron chi connectivity index (χ2n) is 8.09. The van der Waals surface area contributed by atoms with Crippen molar-refractivity contribution in [1.82, 2.24) is 4.57 Å². The maximum absolute atomic E-state index is 13.6. The minimum atomic E-state index is -1.06. The number of carbonyl (C=O) groups is 2. The van der Waals surface area contributed by atoms with Crippen LogP contribution < -0.4 is 19.6 Å². The molecule has 10 heteroatoms. The topological polar surface area (TPSA) is 107 Å². The fourth-order valence-corrected chi connectivity index (χ4v) is 5.61. The third-order valence-electron chi connectivity index (χ3n) is 5.51. The molecule has 2 heterocycles. The molecule has 1 aromatic heterocycles.